The fourth-order valence-corrected chi connectivity index (χ4v) is 1.90. The smallest absolute Gasteiger partial charge is 0.242 e. The summed E-state index contributed by atoms with van der Waals surface area (Å²) in [5.41, 5.74) is 5.43. The lowest BCUT2D eigenvalue weighted by atomic mass is 9.95. The molecule has 1 fully saturated rings. The molecule has 0 aliphatic heterocycles. The fourth-order valence-electron chi connectivity index (χ4n) is 1.90. The van der Waals surface area contributed by atoms with Crippen LogP contribution in [0.4, 0.5) is 0 Å². The number of carbonyl (C=O) groups is 1. The maximum Gasteiger partial charge on any atom is 0.242 e. The third kappa shape index (κ3) is 2.81. The molecule has 86 valence electrons. The monoisotopic (exact) mass is 210 g/mol. The Morgan fingerprint density at radius 3 is 2.67 bits per heavy atom. The van der Waals surface area contributed by atoms with Gasteiger partial charge in [0.25, 0.3) is 0 Å². The van der Waals surface area contributed by atoms with Gasteiger partial charge in [0, 0.05) is 13.1 Å². The van der Waals surface area contributed by atoms with Crippen molar-refractivity contribution in [2.45, 2.75) is 38.6 Å². The number of hydrogen-bond donors (Lipinski definition) is 1. The molecule has 0 aromatic heterocycles. The van der Waals surface area contributed by atoms with Crippen molar-refractivity contribution in [3.8, 4) is 0 Å². The Bertz CT molecular complexity index is 244. The number of amides is 1. The molecule has 0 saturated heterocycles. The molecule has 3 heteroatoms. The molecule has 1 saturated carbocycles. The summed E-state index contributed by atoms with van der Waals surface area (Å²) in [5, 5.41) is 0. The van der Waals surface area contributed by atoms with Gasteiger partial charge in [-0.15, -0.1) is 6.58 Å². The summed E-state index contributed by atoms with van der Waals surface area (Å²) >= 11 is 0. The molecule has 0 radical (unpaired) electrons. The van der Waals surface area contributed by atoms with E-state index in [9.17, 15) is 4.79 Å². The van der Waals surface area contributed by atoms with Gasteiger partial charge in [0.1, 0.15) is 0 Å². The van der Waals surface area contributed by atoms with E-state index in [2.05, 4.69) is 13.5 Å². The van der Waals surface area contributed by atoms with Crippen molar-refractivity contribution in [2.75, 3.05) is 13.1 Å². The third-order valence-corrected chi connectivity index (χ3v) is 3.02. The van der Waals surface area contributed by atoms with Gasteiger partial charge < -0.3 is 10.6 Å². The predicted molar refractivity (Wildman–Crippen MR) is 62.4 cm³/mol. The van der Waals surface area contributed by atoms with Crippen molar-refractivity contribution in [2.24, 2.45) is 11.7 Å². The molecule has 1 atom stereocenters. The van der Waals surface area contributed by atoms with Crippen molar-refractivity contribution in [1.82, 2.24) is 4.90 Å². The molecule has 15 heavy (non-hydrogen) atoms. The van der Waals surface area contributed by atoms with Crippen LogP contribution in [0.2, 0.25) is 0 Å². The Kier molecular flexibility index (Phi) is 3.91. The van der Waals surface area contributed by atoms with Crippen LogP contribution in [-0.2, 0) is 4.79 Å². The first-order valence-corrected chi connectivity index (χ1v) is 5.73. The van der Waals surface area contributed by atoms with E-state index in [1.807, 2.05) is 11.8 Å². The minimum atomic E-state index is -0.668. The molecule has 0 aromatic carbocycles. The van der Waals surface area contributed by atoms with E-state index in [1.165, 1.54) is 0 Å². The molecular formula is C12H22N2O. The van der Waals surface area contributed by atoms with Crippen LogP contribution in [0.3, 0.4) is 0 Å². The highest BCUT2D eigenvalue weighted by atomic mass is 16.2. The van der Waals surface area contributed by atoms with E-state index in [0.717, 1.165) is 25.8 Å². The Morgan fingerprint density at radius 1 is 1.67 bits per heavy atom. The zero-order valence-electron chi connectivity index (χ0n) is 9.83. The molecule has 3 nitrogen and oxygen atoms in total. The van der Waals surface area contributed by atoms with Gasteiger partial charge in [-0.05, 0) is 32.1 Å². The fraction of sp³-hybridized carbons (Fsp3) is 0.750. The zero-order chi connectivity index (χ0) is 11.5. The van der Waals surface area contributed by atoms with Gasteiger partial charge in [0.05, 0.1) is 5.54 Å². The van der Waals surface area contributed by atoms with Crippen LogP contribution in [0.25, 0.3) is 0 Å². The van der Waals surface area contributed by atoms with Crippen molar-refractivity contribution in [1.29, 1.82) is 0 Å². The van der Waals surface area contributed by atoms with Gasteiger partial charge in [0.2, 0.25) is 5.91 Å². The summed E-state index contributed by atoms with van der Waals surface area (Å²) < 4.78 is 0. The highest BCUT2D eigenvalue weighted by molar-refractivity contribution is 5.86. The average molecular weight is 210 g/mol. The van der Waals surface area contributed by atoms with Gasteiger partial charge >= 0.3 is 0 Å². The molecule has 1 aliphatic carbocycles. The summed E-state index contributed by atoms with van der Waals surface area (Å²) in [5.74, 6) is 0.459. The van der Waals surface area contributed by atoms with Gasteiger partial charge in [-0.2, -0.15) is 0 Å². The van der Waals surface area contributed by atoms with Crippen LogP contribution in [-0.4, -0.2) is 29.4 Å². The van der Waals surface area contributed by atoms with E-state index in [0.29, 0.717) is 12.5 Å². The van der Waals surface area contributed by atoms with Crippen LogP contribution in [0, 0.1) is 5.92 Å². The second-order valence-electron chi connectivity index (χ2n) is 4.60. The average Bonchev–Trinajstić information content (AvgIpc) is 2.99. The van der Waals surface area contributed by atoms with Crippen LogP contribution in [0.5, 0.6) is 0 Å². The lowest BCUT2D eigenvalue weighted by Gasteiger charge is -2.31. The van der Waals surface area contributed by atoms with Crippen LogP contribution >= 0.6 is 0 Å². The molecule has 1 amide bonds. The molecule has 0 aromatic rings. The summed E-state index contributed by atoms with van der Waals surface area (Å²) in [6, 6.07) is 0. The predicted octanol–water partition coefficient (Wildman–Crippen LogP) is 1.54. The highest BCUT2D eigenvalue weighted by Gasteiger charge is 2.45. The second-order valence-corrected chi connectivity index (χ2v) is 4.60. The summed E-state index contributed by atoms with van der Waals surface area (Å²) in [6.45, 7) is 8.97. The van der Waals surface area contributed by atoms with Crippen molar-refractivity contribution in [3.05, 3.63) is 12.7 Å². The van der Waals surface area contributed by atoms with Crippen molar-refractivity contribution >= 4 is 5.91 Å². The summed E-state index contributed by atoms with van der Waals surface area (Å²) in [6.07, 6.45) is 4.90. The number of hydrogen-bond acceptors (Lipinski definition) is 2. The zero-order valence-corrected chi connectivity index (χ0v) is 9.83. The lowest BCUT2D eigenvalue weighted by Crippen LogP contribution is -2.55. The molecular weight excluding hydrogens is 188 g/mol. The maximum absolute atomic E-state index is 12.2. The minimum absolute atomic E-state index is 0.0757. The first kappa shape index (κ1) is 12.2. The molecule has 2 N–H and O–H groups in total. The number of rotatable bonds is 6. The molecule has 1 unspecified atom stereocenters. The van der Waals surface area contributed by atoms with E-state index >= 15 is 0 Å². The Hall–Kier alpha value is -0.830. The highest BCUT2D eigenvalue weighted by Crippen LogP contribution is 2.38. The van der Waals surface area contributed by atoms with Crippen LogP contribution < -0.4 is 5.73 Å². The molecule has 1 aliphatic rings. The largest absolute Gasteiger partial charge is 0.337 e. The third-order valence-electron chi connectivity index (χ3n) is 3.02. The minimum Gasteiger partial charge on any atom is -0.337 e. The van der Waals surface area contributed by atoms with Crippen LogP contribution in [0.15, 0.2) is 12.7 Å². The van der Waals surface area contributed by atoms with E-state index < -0.39 is 5.54 Å². The Labute approximate surface area is 92.3 Å². The first-order valence-electron chi connectivity index (χ1n) is 5.73. The first-order chi connectivity index (χ1) is 7.04. The Balaban J connectivity index is 2.64. The second kappa shape index (κ2) is 4.79. The van der Waals surface area contributed by atoms with Gasteiger partial charge in [-0.25, -0.2) is 0 Å². The van der Waals surface area contributed by atoms with Gasteiger partial charge in [-0.3, -0.25) is 4.79 Å². The molecule has 1 rings (SSSR count). The molecule has 0 spiro atoms. The van der Waals surface area contributed by atoms with Gasteiger partial charge in [0.15, 0.2) is 0 Å². The number of nitrogens with zero attached hydrogens (tertiary/aromatic N) is 1. The normalized spacial score (nSPS) is 19.4. The number of carbonyl (C=O) groups excluding carboxylic acids is 1. The molecule has 0 bridgehead atoms. The van der Waals surface area contributed by atoms with E-state index in [-0.39, 0.29) is 5.91 Å². The summed E-state index contributed by atoms with van der Waals surface area (Å²) in [7, 11) is 0. The standard InChI is InChI=1S/C12H22N2O/c1-4-8-14(9-5-2)11(15)12(3,13)10-6-7-10/h4,10H,1,5-9,13H2,2-3H3. The molecule has 0 heterocycles. The Morgan fingerprint density at radius 2 is 2.27 bits per heavy atom. The van der Waals surface area contributed by atoms with Crippen LogP contribution in [0.1, 0.15) is 33.1 Å². The number of nitrogens with two attached hydrogens (primary N) is 1. The maximum atomic E-state index is 12.2. The van der Waals surface area contributed by atoms with E-state index in [1.54, 1.807) is 6.08 Å². The van der Waals surface area contributed by atoms with Gasteiger partial charge in [-0.1, -0.05) is 13.0 Å². The lowest BCUT2D eigenvalue weighted by molar-refractivity contribution is -0.136. The summed E-state index contributed by atoms with van der Waals surface area (Å²) in [4.78, 5) is 14.0. The quantitative estimate of drug-likeness (QED) is 0.676. The SMILES string of the molecule is C=CCN(CCC)C(=O)C(C)(N)C1CC1. The van der Waals surface area contributed by atoms with E-state index in [4.69, 9.17) is 5.73 Å². The topological polar surface area (TPSA) is 46.3 Å². The van der Waals surface area contributed by atoms with Crippen molar-refractivity contribution in [3.63, 3.8) is 0 Å². The van der Waals surface area contributed by atoms with Crippen molar-refractivity contribution < 1.29 is 4.79 Å².